The summed E-state index contributed by atoms with van der Waals surface area (Å²) in [5.74, 6) is 0.667. The van der Waals surface area contributed by atoms with Gasteiger partial charge in [-0.1, -0.05) is 86.2 Å². The number of ether oxygens (including phenoxy) is 2. The summed E-state index contributed by atoms with van der Waals surface area (Å²) in [5, 5.41) is 2.13. The highest BCUT2D eigenvalue weighted by Gasteiger charge is 2.45. The quantitative estimate of drug-likeness (QED) is 0.176. The third kappa shape index (κ3) is 4.08. The summed E-state index contributed by atoms with van der Waals surface area (Å²) in [6, 6.07) is 29.3. The monoisotopic (exact) mass is 693 g/mol. The van der Waals surface area contributed by atoms with Crippen LogP contribution < -0.4 is 9.64 Å². The summed E-state index contributed by atoms with van der Waals surface area (Å²) in [6.45, 7) is 9.91. The number of morpholine rings is 1. The topological polar surface area (TPSA) is 21.7 Å². The molecule has 0 amide bonds. The number of rotatable bonds is 3. The van der Waals surface area contributed by atoms with Crippen LogP contribution in [0.3, 0.4) is 0 Å². The van der Waals surface area contributed by atoms with Gasteiger partial charge < -0.3 is 14.4 Å². The lowest BCUT2D eigenvalue weighted by atomic mass is 9.76. The zero-order chi connectivity index (χ0) is 30.2. The Hall–Kier alpha value is -3.68. The van der Waals surface area contributed by atoms with Crippen molar-refractivity contribution in [3.63, 3.8) is 0 Å². The number of anilines is 1. The number of hydrogen-bond donors (Lipinski definition) is 0. The molecule has 3 aliphatic rings. The molecule has 0 spiro atoms. The average Bonchev–Trinajstić information content (AvgIpc) is 3.28. The minimum atomic E-state index is -0.822. The highest BCUT2D eigenvalue weighted by Crippen LogP contribution is 2.59. The van der Waals surface area contributed by atoms with Crippen LogP contribution in [-0.2, 0) is 15.8 Å². The van der Waals surface area contributed by atoms with Crippen molar-refractivity contribution in [1.82, 2.24) is 0 Å². The van der Waals surface area contributed by atoms with E-state index in [4.69, 9.17) is 9.47 Å². The highest BCUT2D eigenvalue weighted by atomic mass is 127. The van der Waals surface area contributed by atoms with Crippen molar-refractivity contribution in [2.24, 2.45) is 0 Å². The highest BCUT2D eigenvalue weighted by molar-refractivity contribution is 14.1. The normalized spacial score (nSPS) is 19.8. The van der Waals surface area contributed by atoms with Gasteiger partial charge in [-0.25, -0.2) is 4.39 Å². The number of benzene rings is 5. The van der Waals surface area contributed by atoms with Crippen LogP contribution in [0, 0.1) is 16.3 Å². The van der Waals surface area contributed by atoms with Crippen molar-refractivity contribution in [2.75, 3.05) is 31.2 Å². The van der Waals surface area contributed by atoms with Crippen molar-refractivity contribution in [2.45, 2.75) is 31.8 Å². The third-order valence-electron chi connectivity index (χ3n) is 9.68. The lowest BCUT2D eigenvalue weighted by Gasteiger charge is -2.39. The Kier molecular flexibility index (Phi) is 6.44. The summed E-state index contributed by atoms with van der Waals surface area (Å²) < 4.78 is 28.8. The van der Waals surface area contributed by atoms with Crippen molar-refractivity contribution in [3.05, 3.63) is 134 Å². The van der Waals surface area contributed by atoms with Gasteiger partial charge in [0, 0.05) is 49.8 Å². The Balaban J connectivity index is 1.36. The summed E-state index contributed by atoms with van der Waals surface area (Å²) >= 11 is 2.30. The van der Waals surface area contributed by atoms with Crippen LogP contribution >= 0.6 is 22.6 Å². The molecule has 1 fully saturated rings. The van der Waals surface area contributed by atoms with Crippen LogP contribution in [0.25, 0.3) is 28.0 Å². The molecule has 1 atom stereocenters. The Labute approximate surface area is 271 Å². The molecule has 0 saturated carbocycles. The maximum Gasteiger partial charge on any atom is 0.178 e. The molecule has 0 bridgehead atoms. The molecule has 1 aliphatic carbocycles. The largest absolute Gasteiger partial charge is 0.472 e. The summed E-state index contributed by atoms with van der Waals surface area (Å²) in [7, 11) is 0. The van der Waals surface area contributed by atoms with Gasteiger partial charge in [0.15, 0.2) is 5.60 Å². The fourth-order valence-electron chi connectivity index (χ4n) is 7.57. The first-order valence-electron chi connectivity index (χ1n) is 15.3. The molecule has 0 N–H and O–H groups in total. The number of halogens is 2. The fraction of sp³-hybridized carbons (Fsp3) is 0.231. The first-order valence-corrected chi connectivity index (χ1v) is 16.3. The number of hydrogen-bond acceptors (Lipinski definition) is 3. The number of aryl methyl sites for hydroxylation is 1. The number of nitrogens with zero attached hydrogens (tertiary/aromatic N) is 1. The van der Waals surface area contributed by atoms with Gasteiger partial charge in [0.1, 0.15) is 11.6 Å². The maximum absolute atomic E-state index is 14.9. The molecule has 8 rings (SSSR count). The van der Waals surface area contributed by atoms with Gasteiger partial charge in [0.25, 0.3) is 0 Å². The fourth-order valence-corrected chi connectivity index (χ4v) is 8.83. The molecule has 1 unspecified atom stereocenters. The van der Waals surface area contributed by atoms with Crippen molar-refractivity contribution >= 4 is 45.1 Å². The molecule has 1 saturated heterocycles. The van der Waals surface area contributed by atoms with E-state index in [1.54, 1.807) is 12.1 Å². The summed E-state index contributed by atoms with van der Waals surface area (Å²) in [4.78, 5) is 2.37. The standard InChI is InChI=1S/C39H33FINO2/c1-24-8-10-25(11-9-24)39(26-12-14-28(15-13-26)42-18-20-43-21-19-42)17-16-31-36-34(29-6-4-5-7-30(29)37(31)44-39)32-22-27(40)23-33(41)35(32)38(36,2)3/h4-17,22-23H,18-21H2,1-3H3. The van der Waals surface area contributed by atoms with E-state index in [1.165, 1.54) is 22.4 Å². The molecule has 220 valence electrons. The smallest absolute Gasteiger partial charge is 0.178 e. The SMILES string of the molecule is Cc1ccc(C2(c3ccc(N4CCOCC4)cc3)C=Cc3c4c(c5ccccc5c3O2)-c2cc(F)cc(I)c2C4(C)C)cc1. The molecule has 5 aromatic rings. The van der Waals surface area contributed by atoms with E-state index in [0.717, 1.165) is 74.2 Å². The van der Waals surface area contributed by atoms with Crippen molar-refractivity contribution < 1.29 is 13.9 Å². The molecule has 5 aromatic carbocycles. The van der Waals surface area contributed by atoms with Crippen molar-refractivity contribution in [1.29, 1.82) is 0 Å². The zero-order valence-electron chi connectivity index (χ0n) is 25.1. The molecular weight excluding hydrogens is 660 g/mol. The van der Waals surface area contributed by atoms with Crippen LogP contribution in [0.5, 0.6) is 5.75 Å². The molecule has 2 aliphatic heterocycles. The maximum atomic E-state index is 14.9. The zero-order valence-corrected chi connectivity index (χ0v) is 27.2. The van der Waals surface area contributed by atoms with Gasteiger partial charge in [-0.15, -0.1) is 0 Å². The minimum Gasteiger partial charge on any atom is -0.472 e. The minimum absolute atomic E-state index is 0.204. The van der Waals surface area contributed by atoms with Gasteiger partial charge in [-0.05, 0) is 87.5 Å². The first-order chi connectivity index (χ1) is 21.3. The lowest BCUT2D eigenvalue weighted by Crippen LogP contribution is -2.37. The summed E-state index contributed by atoms with van der Waals surface area (Å²) in [5.41, 5.74) is 8.94. The van der Waals surface area contributed by atoms with Gasteiger partial charge in [0.2, 0.25) is 0 Å². The van der Waals surface area contributed by atoms with Gasteiger partial charge in [-0.2, -0.15) is 0 Å². The predicted octanol–water partition coefficient (Wildman–Crippen LogP) is 9.38. The molecule has 3 nitrogen and oxygen atoms in total. The molecule has 0 radical (unpaired) electrons. The molecule has 44 heavy (non-hydrogen) atoms. The molecule has 0 aromatic heterocycles. The second kappa shape index (κ2) is 10.2. The lowest BCUT2D eigenvalue weighted by molar-refractivity contribution is 0.122. The van der Waals surface area contributed by atoms with E-state index >= 15 is 0 Å². The van der Waals surface area contributed by atoms with Gasteiger partial charge in [0.05, 0.1) is 13.2 Å². The molecule has 2 heterocycles. The third-order valence-corrected chi connectivity index (χ3v) is 10.5. The Morgan fingerprint density at radius 1 is 0.818 bits per heavy atom. The van der Waals surface area contributed by atoms with E-state index in [-0.39, 0.29) is 11.2 Å². The first kappa shape index (κ1) is 27.8. The van der Waals surface area contributed by atoms with Crippen LogP contribution in [0.1, 0.15) is 47.2 Å². The summed E-state index contributed by atoms with van der Waals surface area (Å²) in [6.07, 6.45) is 4.49. The Bertz CT molecular complexity index is 1970. The van der Waals surface area contributed by atoms with E-state index in [0.29, 0.717) is 0 Å². The van der Waals surface area contributed by atoms with E-state index in [9.17, 15) is 4.39 Å². The Morgan fingerprint density at radius 3 is 2.18 bits per heavy atom. The van der Waals surface area contributed by atoms with Gasteiger partial charge >= 0.3 is 0 Å². The molecule has 5 heteroatoms. The van der Waals surface area contributed by atoms with E-state index in [1.807, 2.05) is 0 Å². The second-order valence-corrected chi connectivity index (χ2v) is 13.8. The Morgan fingerprint density at radius 2 is 1.48 bits per heavy atom. The number of fused-ring (bicyclic) bond motifs is 8. The van der Waals surface area contributed by atoms with Crippen LogP contribution in [0.2, 0.25) is 0 Å². The van der Waals surface area contributed by atoms with Gasteiger partial charge in [-0.3, -0.25) is 0 Å². The van der Waals surface area contributed by atoms with Crippen molar-refractivity contribution in [3.8, 4) is 16.9 Å². The van der Waals surface area contributed by atoms with E-state index < -0.39 is 5.60 Å². The molecular formula is C39H33FINO2. The van der Waals surface area contributed by atoms with Crippen LogP contribution in [0.4, 0.5) is 10.1 Å². The van der Waals surface area contributed by atoms with Crippen LogP contribution in [0.15, 0.2) is 91.0 Å². The second-order valence-electron chi connectivity index (χ2n) is 12.7. The average molecular weight is 694 g/mol. The predicted molar refractivity (Wildman–Crippen MR) is 185 cm³/mol. The van der Waals surface area contributed by atoms with E-state index in [2.05, 4.69) is 133 Å². The van der Waals surface area contributed by atoms with Crippen LogP contribution in [-0.4, -0.2) is 26.3 Å².